The highest BCUT2D eigenvalue weighted by Crippen LogP contribution is 2.27. The van der Waals surface area contributed by atoms with Gasteiger partial charge in [-0.05, 0) is 29.7 Å². The summed E-state index contributed by atoms with van der Waals surface area (Å²) in [6, 6.07) is 12.3. The van der Waals surface area contributed by atoms with Gasteiger partial charge in [-0.15, -0.1) is 0 Å². The molecule has 1 saturated heterocycles. The van der Waals surface area contributed by atoms with Crippen molar-refractivity contribution in [2.45, 2.75) is 13.0 Å². The SMILES string of the molecule is O=C(c1ccc([N+](=O)[O-])cc1)N1CCN(Cc2cccc3c2NCC3)CC1. The highest BCUT2D eigenvalue weighted by Gasteiger charge is 2.24. The second-order valence-corrected chi connectivity index (χ2v) is 7.00. The first kappa shape index (κ1) is 17.5. The Morgan fingerprint density at radius 1 is 1.07 bits per heavy atom. The average Bonchev–Trinajstić information content (AvgIpc) is 3.18. The van der Waals surface area contributed by atoms with Crippen molar-refractivity contribution < 1.29 is 9.72 Å². The topological polar surface area (TPSA) is 78.7 Å². The fourth-order valence-electron chi connectivity index (χ4n) is 3.80. The minimum Gasteiger partial charge on any atom is -0.384 e. The van der Waals surface area contributed by atoms with E-state index in [4.69, 9.17) is 0 Å². The van der Waals surface area contributed by atoms with Crippen LogP contribution in [-0.2, 0) is 13.0 Å². The highest BCUT2D eigenvalue weighted by atomic mass is 16.6. The van der Waals surface area contributed by atoms with Crippen LogP contribution in [0.5, 0.6) is 0 Å². The van der Waals surface area contributed by atoms with Crippen LogP contribution in [0.1, 0.15) is 21.5 Å². The van der Waals surface area contributed by atoms with Crippen LogP contribution in [0, 0.1) is 10.1 Å². The Kier molecular flexibility index (Phi) is 4.77. The number of nitro benzene ring substituents is 1. The lowest BCUT2D eigenvalue weighted by molar-refractivity contribution is -0.384. The Morgan fingerprint density at radius 2 is 1.81 bits per heavy atom. The van der Waals surface area contributed by atoms with Gasteiger partial charge in [0.25, 0.3) is 11.6 Å². The van der Waals surface area contributed by atoms with Crippen LogP contribution in [0.2, 0.25) is 0 Å². The van der Waals surface area contributed by atoms with E-state index in [0.717, 1.165) is 32.6 Å². The van der Waals surface area contributed by atoms with E-state index in [2.05, 4.69) is 28.4 Å². The minimum atomic E-state index is -0.456. The van der Waals surface area contributed by atoms with Crippen molar-refractivity contribution in [1.82, 2.24) is 9.80 Å². The summed E-state index contributed by atoms with van der Waals surface area (Å²) >= 11 is 0. The molecule has 0 atom stereocenters. The Bertz CT molecular complexity index is 858. The summed E-state index contributed by atoms with van der Waals surface area (Å²) in [4.78, 5) is 27.1. The summed E-state index contributed by atoms with van der Waals surface area (Å²) in [6.07, 6.45) is 1.08. The van der Waals surface area contributed by atoms with Crippen molar-refractivity contribution >= 4 is 17.3 Å². The first-order chi connectivity index (χ1) is 13.1. The number of carbonyl (C=O) groups is 1. The van der Waals surface area contributed by atoms with Crippen molar-refractivity contribution in [2.24, 2.45) is 0 Å². The molecule has 1 N–H and O–H groups in total. The zero-order valence-electron chi connectivity index (χ0n) is 15.1. The number of nitrogens with zero attached hydrogens (tertiary/aromatic N) is 3. The van der Waals surface area contributed by atoms with Gasteiger partial charge in [0.1, 0.15) is 0 Å². The maximum Gasteiger partial charge on any atom is 0.269 e. The smallest absolute Gasteiger partial charge is 0.269 e. The highest BCUT2D eigenvalue weighted by molar-refractivity contribution is 5.94. The molecule has 27 heavy (non-hydrogen) atoms. The molecule has 7 nitrogen and oxygen atoms in total. The molecule has 4 rings (SSSR count). The third-order valence-electron chi connectivity index (χ3n) is 5.31. The van der Waals surface area contributed by atoms with Gasteiger partial charge in [-0.3, -0.25) is 19.8 Å². The molecular formula is C20H22N4O3. The zero-order valence-corrected chi connectivity index (χ0v) is 15.1. The van der Waals surface area contributed by atoms with E-state index in [-0.39, 0.29) is 11.6 Å². The Morgan fingerprint density at radius 3 is 2.52 bits per heavy atom. The van der Waals surface area contributed by atoms with E-state index < -0.39 is 4.92 Å². The third kappa shape index (κ3) is 3.64. The van der Waals surface area contributed by atoms with Crippen LogP contribution in [0.4, 0.5) is 11.4 Å². The van der Waals surface area contributed by atoms with Crippen molar-refractivity contribution in [3.05, 3.63) is 69.3 Å². The second-order valence-electron chi connectivity index (χ2n) is 7.00. The normalized spacial score (nSPS) is 16.7. The van der Waals surface area contributed by atoms with Gasteiger partial charge in [0, 0.05) is 62.7 Å². The molecule has 0 bridgehead atoms. The first-order valence-corrected chi connectivity index (χ1v) is 9.22. The second kappa shape index (κ2) is 7.36. The van der Waals surface area contributed by atoms with Crippen LogP contribution in [0.15, 0.2) is 42.5 Å². The van der Waals surface area contributed by atoms with Crippen LogP contribution >= 0.6 is 0 Å². The largest absolute Gasteiger partial charge is 0.384 e. The van der Waals surface area contributed by atoms with Crippen molar-refractivity contribution in [3.63, 3.8) is 0 Å². The number of anilines is 1. The quantitative estimate of drug-likeness (QED) is 0.664. The first-order valence-electron chi connectivity index (χ1n) is 9.22. The van der Waals surface area contributed by atoms with Crippen molar-refractivity contribution in [1.29, 1.82) is 0 Å². The summed E-state index contributed by atoms with van der Waals surface area (Å²) in [6.45, 7) is 4.86. The van der Waals surface area contributed by atoms with Gasteiger partial charge in [0.05, 0.1) is 4.92 Å². The maximum atomic E-state index is 12.6. The molecule has 0 aliphatic carbocycles. The molecular weight excluding hydrogens is 344 g/mol. The number of nitrogens with one attached hydrogen (secondary N) is 1. The van der Waals surface area contributed by atoms with Gasteiger partial charge < -0.3 is 10.2 Å². The van der Waals surface area contributed by atoms with Gasteiger partial charge in [0.2, 0.25) is 0 Å². The summed E-state index contributed by atoms with van der Waals surface area (Å²) in [5, 5.41) is 14.2. The lowest BCUT2D eigenvalue weighted by atomic mass is 10.1. The number of para-hydroxylation sites is 1. The van der Waals surface area contributed by atoms with Gasteiger partial charge in [-0.2, -0.15) is 0 Å². The minimum absolute atomic E-state index is 0.000344. The molecule has 0 spiro atoms. The summed E-state index contributed by atoms with van der Waals surface area (Å²) in [5.41, 5.74) is 4.49. The van der Waals surface area contributed by atoms with Crippen molar-refractivity contribution in [3.8, 4) is 0 Å². The summed E-state index contributed by atoms with van der Waals surface area (Å²) in [5.74, 6) is -0.0631. The maximum absolute atomic E-state index is 12.6. The molecule has 2 heterocycles. The number of hydrogen-bond acceptors (Lipinski definition) is 5. The Balaban J connectivity index is 1.35. The molecule has 2 aliphatic rings. The molecule has 1 amide bonds. The van der Waals surface area contributed by atoms with E-state index >= 15 is 0 Å². The lowest BCUT2D eigenvalue weighted by Crippen LogP contribution is -2.48. The van der Waals surface area contributed by atoms with Crippen LogP contribution in [0.3, 0.4) is 0 Å². The number of piperazine rings is 1. The molecule has 0 unspecified atom stereocenters. The monoisotopic (exact) mass is 366 g/mol. The molecule has 140 valence electrons. The van der Waals surface area contributed by atoms with Gasteiger partial charge >= 0.3 is 0 Å². The number of benzene rings is 2. The van der Waals surface area contributed by atoms with E-state index in [9.17, 15) is 14.9 Å². The summed E-state index contributed by atoms with van der Waals surface area (Å²) in [7, 11) is 0. The molecule has 0 aromatic heterocycles. The van der Waals surface area contributed by atoms with Crippen LogP contribution < -0.4 is 5.32 Å². The molecule has 2 aliphatic heterocycles. The zero-order chi connectivity index (χ0) is 18.8. The third-order valence-corrected chi connectivity index (χ3v) is 5.31. The number of amides is 1. The fraction of sp³-hybridized carbons (Fsp3) is 0.350. The number of nitro groups is 1. The number of rotatable bonds is 4. The van der Waals surface area contributed by atoms with E-state index in [1.165, 1.54) is 41.1 Å². The Hall–Kier alpha value is -2.93. The van der Waals surface area contributed by atoms with Gasteiger partial charge in [-0.1, -0.05) is 18.2 Å². The molecule has 7 heteroatoms. The molecule has 2 aromatic carbocycles. The Labute approximate surface area is 157 Å². The number of carbonyl (C=O) groups excluding carboxylic acids is 1. The van der Waals surface area contributed by atoms with E-state index in [0.29, 0.717) is 18.7 Å². The van der Waals surface area contributed by atoms with Crippen LogP contribution in [-0.4, -0.2) is 53.4 Å². The summed E-state index contributed by atoms with van der Waals surface area (Å²) < 4.78 is 0. The molecule has 0 saturated carbocycles. The fourth-order valence-corrected chi connectivity index (χ4v) is 3.80. The average molecular weight is 366 g/mol. The van der Waals surface area contributed by atoms with Gasteiger partial charge in [0.15, 0.2) is 0 Å². The molecule has 2 aromatic rings. The number of non-ortho nitro benzene ring substituents is 1. The predicted octanol–water partition coefficient (Wildman–Crippen LogP) is 2.52. The number of hydrogen-bond donors (Lipinski definition) is 1. The predicted molar refractivity (Wildman–Crippen MR) is 103 cm³/mol. The molecule has 0 radical (unpaired) electrons. The van der Waals surface area contributed by atoms with E-state index in [1.807, 2.05) is 4.90 Å². The number of fused-ring (bicyclic) bond motifs is 1. The lowest BCUT2D eigenvalue weighted by Gasteiger charge is -2.35. The molecule has 1 fully saturated rings. The van der Waals surface area contributed by atoms with Crippen LogP contribution in [0.25, 0.3) is 0 Å². The van der Waals surface area contributed by atoms with E-state index in [1.54, 1.807) is 0 Å². The standard InChI is InChI=1S/C20H22N4O3/c25-20(16-4-6-18(7-5-16)24(26)27)23-12-10-22(11-13-23)14-17-3-1-2-15-8-9-21-19(15)17/h1-7,21H,8-14H2. The van der Waals surface area contributed by atoms with Gasteiger partial charge in [-0.25, -0.2) is 0 Å². The van der Waals surface area contributed by atoms with Crippen molar-refractivity contribution in [2.75, 3.05) is 38.0 Å².